The lowest BCUT2D eigenvalue weighted by Gasteiger charge is -2.23. The second-order valence-electron chi connectivity index (χ2n) is 5.96. The van der Waals surface area contributed by atoms with Crippen molar-refractivity contribution in [2.75, 3.05) is 13.1 Å². The van der Waals surface area contributed by atoms with Crippen LogP contribution in [-0.4, -0.2) is 33.7 Å². The quantitative estimate of drug-likeness (QED) is 0.749. The highest BCUT2D eigenvalue weighted by molar-refractivity contribution is 5.80. The van der Waals surface area contributed by atoms with E-state index in [2.05, 4.69) is 39.0 Å². The van der Waals surface area contributed by atoms with Gasteiger partial charge in [-0.2, -0.15) is 5.10 Å². The van der Waals surface area contributed by atoms with E-state index in [9.17, 15) is 4.79 Å². The molecule has 1 amide bonds. The fraction of sp³-hybridized carbons (Fsp3) is 0.500. The van der Waals surface area contributed by atoms with Gasteiger partial charge in [-0.05, 0) is 17.9 Å². The molecule has 0 saturated carbocycles. The topological polar surface area (TPSA) is 38.1 Å². The highest BCUT2D eigenvalue weighted by Crippen LogP contribution is 2.22. The molecule has 1 aromatic rings. The summed E-state index contributed by atoms with van der Waals surface area (Å²) < 4.78 is 1.72. The van der Waals surface area contributed by atoms with Gasteiger partial charge in [0.15, 0.2) is 0 Å². The lowest BCUT2D eigenvalue weighted by Crippen LogP contribution is -2.36. The van der Waals surface area contributed by atoms with Crippen molar-refractivity contribution in [3.8, 4) is 0 Å². The predicted molar refractivity (Wildman–Crippen MR) is 82.6 cm³/mol. The minimum absolute atomic E-state index is 0.0216. The van der Waals surface area contributed by atoms with Crippen molar-refractivity contribution in [3.05, 3.63) is 43.3 Å². The molecule has 1 aromatic heterocycles. The third kappa shape index (κ3) is 3.83. The van der Waals surface area contributed by atoms with E-state index in [1.807, 2.05) is 19.3 Å². The Kier molecular flexibility index (Phi) is 5.31. The summed E-state index contributed by atoms with van der Waals surface area (Å²) in [5.74, 6) is 0.0216. The third-order valence-corrected chi connectivity index (χ3v) is 3.23. The van der Waals surface area contributed by atoms with E-state index >= 15 is 0 Å². The summed E-state index contributed by atoms with van der Waals surface area (Å²) in [6.07, 6.45) is 7.22. The molecule has 0 fully saturated rings. The van der Waals surface area contributed by atoms with E-state index < -0.39 is 0 Å². The van der Waals surface area contributed by atoms with Gasteiger partial charge in [0, 0.05) is 19.3 Å². The van der Waals surface area contributed by atoms with Gasteiger partial charge < -0.3 is 4.90 Å². The summed E-state index contributed by atoms with van der Waals surface area (Å²) in [7, 11) is 0. The molecule has 1 rings (SSSR count). The molecule has 1 atom stereocenters. The molecule has 110 valence electrons. The van der Waals surface area contributed by atoms with Gasteiger partial charge in [0.05, 0.1) is 6.20 Å². The number of carbonyl (C=O) groups is 1. The first-order chi connectivity index (χ1) is 9.31. The van der Waals surface area contributed by atoms with Crippen molar-refractivity contribution >= 4 is 5.91 Å². The van der Waals surface area contributed by atoms with E-state index in [-0.39, 0.29) is 17.4 Å². The highest BCUT2D eigenvalue weighted by atomic mass is 16.2. The van der Waals surface area contributed by atoms with Crippen molar-refractivity contribution < 1.29 is 4.79 Å². The standard InChI is InChI=1S/C16H25N3O/c1-7-9-18(10-8-2)15(20)13(3)19-12-14(11-17-19)16(4,5)6/h7-8,11-13H,1-2,9-10H2,3-6H3. The molecule has 0 saturated heterocycles. The van der Waals surface area contributed by atoms with Gasteiger partial charge in [0.2, 0.25) is 5.91 Å². The smallest absolute Gasteiger partial charge is 0.247 e. The molecule has 0 aliphatic rings. The first kappa shape index (κ1) is 16.2. The minimum Gasteiger partial charge on any atom is -0.333 e. The Morgan fingerprint density at radius 1 is 1.40 bits per heavy atom. The number of hydrogen-bond acceptors (Lipinski definition) is 2. The van der Waals surface area contributed by atoms with Gasteiger partial charge in [-0.3, -0.25) is 9.48 Å². The van der Waals surface area contributed by atoms with Crippen LogP contribution in [0.4, 0.5) is 0 Å². The maximum absolute atomic E-state index is 12.5. The molecule has 20 heavy (non-hydrogen) atoms. The normalized spacial score (nSPS) is 12.8. The number of nitrogens with zero attached hydrogens (tertiary/aromatic N) is 3. The van der Waals surface area contributed by atoms with E-state index in [0.717, 1.165) is 5.56 Å². The zero-order valence-electron chi connectivity index (χ0n) is 13.0. The van der Waals surface area contributed by atoms with Gasteiger partial charge in [0.1, 0.15) is 6.04 Å². The van der Waals surface area contributed by atoms with Crippen molar-refractivity contribution in [2.24, 2.45) is 0 Å². The second kappa shape index (κ2) is 6.55. The van der Waals surface area contributed by atoms with E-state index in [1.54, 1.807) is 21.7 Å². The minimum atomic E-state index is -0.328. The Labute approximate surface area is 121 Å². The zero-order chi connectivity index (χ0) is 15.3. The van der Waals surface area contributed by atoms with Crippen LogP contribution in [0.25, 0.3) is 0 Å². The monoisotopic (exact) mass is 275 g/mol. The molecular weight excluding hydrogens is 250 g/mol. The van der Waals surface area contributed by atoms with Crippen LogP contribution in [0.2, 0.25) is 0 Å². The van der Waals surface area contributed by atoms with Crippen LogP contribution in [-0.2, 0) is 10.2 Å². The number of rotatable bonds is 6. The Morgan fingerprint density at radius 2 is 1.95 bits per heavy atom. The maximum Gasteiger partial charge on any atom is 0.247 e. The molecule has 1 unspecified atom stereocenters. The molecule has 0 spiro atoms. The van der Waals surface area contributed by atoms with Crippen LogP contribution in [0.15, 0.2) is 37.7 Å². The summed E-state index contributed by atoms with van der Waals surface area (Å²) in [6.45, 7) is 16.6. The van der Waals surface area contributed by atoms with Crippen LogP contribution in [0.5, 0.6) is 0 Å². The first-order valence-corrected chi connectivity index (χ1v) is 6.86. The average Bonchev–Trinajstić information content (AvgIpc) is 2.86. The van der Waals surface area contributed by atoms with Crippen LogP contribution in [0.3, 0.4) is 0 Å². The van der Waals surface area contributed by atoms with Crippen molar-refractivity contribution in [1.29, 1.82) is 0 Å². The number of aromatic nitrogens is 2. The third-order valence-electron chi connectivity index (χ3n) is 3.23. The second-order valence-corrected chi connectivity index (χ2v) is 5.96. The van der Waals surface area contributed by atoms with Gasteiger partial charge in [-0.25, -0.2) is 0 Å². The molecule has 4 nitrogen and oxygen atoms in total. The summed E-state index contributed by atoms with van der Waals surface area (Å²) in [5, 5.41) is 4.32. The van der Waals surface area contributed by atoms with Crippen molar-refractivity contribution in [3.63, 3.8) is 0 Å². The number of amides is 1. The largest absolute Gasteiger partial charge is 0.333 e. The van der Waals surface area contributed by atoms with Crippen molar-refractivity contribution in [1.82, 2.24) is 14.7 Å². The fourth-order valence-corrected chi connectivity index (χ4v) is 1.88. The number of carbonyl (C=O) groups excluding carboxylic acids is 1. The van der Waals surface area contributed by atoms with Crippen LogP contribution < -0.4 is 0 Å². The summed E-state index contributed by atoms with van der Waals surface area (Å²) in [4.78, 5) is 14.2. The number of hydrogen-bond donors (Lipinski definition) is 0. The molecule has 0 bridgehead atoms. The van der Waals surface area contributed by atoms with Crippen molar-refractivity contribution in [2.45, 2.75) is 39.2 Å². The molecule has 1 heterocycles. The van der Waals surface area contributed by atoms with Crippen LogP contribution in [0, 0.1) is 0 Å². The van der Waals surface area contributed by atoms with E-state index in [0.29, 0.717) is 13.1 Å². The average molecular weight is 275 g/mol. The van der Waals surface area contributed by atoms with Gasteiger partial charge in [0.25, 0.3) is 0 Å². The summed E-state index contributed by atoms with van der Waals surface area (Å²) in [5.41, 5.74) is 1.15. The Morgan fingerprint density at radius 3 is 2.35 bits per heavy atom. The Hall–Kier alpha value is -1.84. The van der Waals surface area contributed by atoms with Crippen LogP contribution in [0.1, 0.15) is 39.3 Å². The summed E-state index contributed by atoms with van der Waals surface area (Å²) in [6, 6.07) is -0.328. The molecule has 0 N–H and O–H groups in total. The highest BCUT2D eigenvalue weighted by Gasteiger charge is 2.23. The summed E-state index contributed by atoms with van der Waals surface area (Å²) >= 11 is 0. The molecule has 0 aliphatic carbocycles. The van der Waals surface area contributed by atoms with Gasteiger partial charge in [-0.1, -0.05) is 32.9 Å². The Bertz CT molecular complexity index is 472. The lowest BCUT2D eigenvalue weighted by molar-refractivity contribution is -0.133. The van der Waals surface area contributed by atoms with Gasteiger partial charge in [-0.15, -0.1) is 13.2 Å². The molecule has 4 heteroatoms. The molecule has 0 aromatic carbocycles. The van der Waals surface area contributed by atoms with Crippen LogP contribution >= 0.6 is 0 Å². The Balaban J connectivity index is 2.90. The predicted octanol–water partition coefficient (Wildman–Crippen LogP) is 2.94. The fourth-order valence-electron chi connectivity index (χ4n) is 1.88. The first-order valence-electron chi connectivity index (χ1n) is 6.86. The lowest BCUT2D eigenvalue weighted by atomic mass is 9.90. The molecule has 0 aliphatic heterocycles. The molecular formula is C16H25N3O. The maximum atomic E-state index is 12.5. The van der Waals surface area contributed by atoms with Gasteiger partial charge >= 0.3 is 0 Å². The SMILES string of the molecule is C=CCN(CC=C)C(=O)C(C)n1cc(C(C)(C)C)cn1. The zero-order valence-corrected chi connectivity index (χ0v) is 13.0. The molecule has 0 radical (unpaired) electrons. The van der Waals surface area contributed by atoms with E-state index in [1.165, 1.54) is 0 Å². The van der Waals surface area contributed by atoms with E-state index in [4.69, 9.17) is 0 Å².